The highest BCUT2D eigenvalue weighted by molar-refractivity contribution is 5.78. The molecule has 7 heteroatoms. The molecule has 1 aromatic carbocycles. The maximum absolute atomic E-state index is 11.8. The zero-order valence-electron chi connectivity index (χ0n) is 8.95. The van der Waals surface area contributed by atoms with E-state index < -0.39 is 18.1 Å². The third-order valence-electron chi connectivity index (χ3n) is 2.22. The highest BCUT2D eigenvalue weighted by atomic mass is 16.5. The van der Waals surface area contributed by atoms with Crippen LogP contribution < -0.4 is 10.3 Å². The molecule has 0 saturated carbocycles. The molecule has 0 aliphatic carbocycles. The zero-order chi connectivity index (χ0) is 12.4. The van der Waals surface area contributed by atoms with E-state index in [1.807, 2.05) is 0 Å². The molecule has 2 aromatic rings. The third-order valence-corrected chi connectivity index (χ3v) is 2.22. The molecule has 1 heterocycles. The summed E-state index contributed by atoms with van der Waals surface area (Å²) in [5.41, 5.74) is -0.115. The van der Waals surface area contributed by atoms with Crippen LogP contribution >= 0.6 is 0 Å². The van der Waals surface area contributed by atoms with Crippen LogP contribution in [-0.4, -0.2) is 33.2 Å². The number of rotatable bonds is 3. The molecule has 1 aromatic heterocycles. The van der Waals surface area contributed by atoms with Crippen LogP contribution in [0, 0.1) is 0 Å². The van der Waals surface area contributed by atoms with E-state index in [2.05, 4.69) is 10.3 Å². The molecular formula is C10H9N3O4. The van der Waals surface area contributed by atoms with Crippen molar-refractivity contribution in [2.24, 2.45) is 0 Å². The molecule has 0 amide bonds. The van der Waals surface area contributed by atoms with Crippen molar-refractivity contribution in [2.45, 2.75) is 6.54 Å². The van der Waals surface area contributed by atoms with Crippen molar-refractivity contribution in [3.63, 3.8) is 0 Å². The number of aromatic nitrogens is 3. The van der Waals surface area contributed by atoms with E-state index in [1.165, 1.54) is 13.2 Å². The Morgan fingerprint density at radius 1 is 1.53 bits per heavy atom. The van der Waals surface area contributed by atoms with Gasteiger partial charge in [0.2, 0.25) is 0 Å². The predicted molar refractivity (Wildman–Crippen MR) is 58.0 cm³/mol. The highest BCUT2D eigenvalue weighted by Crippen LogP contribution is 2.15. The molecule has 2 rings (SSSR count). The highest BCUT2D eigenvalue weighted by Gasteiger charge is 2.08. The first-order valence-electron chi connectivity index (χ1n) is 4.75. The number of hydrogen-bond acceptors (Lipinski definition) is 5. The fraction of sp³-hybridized carbons (Fsp3) is 0.200. The molecule has 1 N–H and O–H groups in total. The van der Waals surface area contributed by atoms with Gasteiger partial charge in [-0.1, -0.05) is 5.21 Å². The quantitative estimate of drug-likeness (QED) is 0.797. The number of carboxylic acids is 1. The van der Waals surface area contributed by atoms with E-state index in [1.54, 1.807) is 12.1 Å². The molecular weight excluding hydrogens is 226 g/mol. The van der Waals surface area contributed by atoms with Crippen LogP contribution in [0.25, 0.3) is 10.9 Å². The molecule has 0 aliphatic rings. The lowest BCUT2D eigenvalue weighted by Crippen LogP contribution is -2.27. The first-order chi connectivity index (χ1) is 8.11. The Labute approximate surface area is 95.2 Å². The number of carbonyl (C=O) groups is 1. The van der Waals surface area contributed by atoms with Crippen molar-refractivity contribution in [3.8, 4) is 5.75 Å². The van der Waals surface area contributed by atoms with Crippen molar-refractivity contribution in [1.82, 2.24) is 15.0 Å². The summed E-state index contributed by atoms with van der Waals surface area (Å²) in [6.07, 6.45) is 0. The van der Waals surface area contributed by atoms with E-state index in [4.69, 9.17) is 9.84 Å². The normalized spacial score (nSPS) is 10.4. The van der Waals surface area contributed by atoms with E-state index in [0.717, 1.165) is 4.68 Å². The van der Waals surface area contributed by atoms with Crippen LogP contribution in [0.3, 0.4) is 0 Å². The van der Waals surface area contributed by atoms with Gasteiger partial charge in [-0.05, 0) is 12.1 Å². The molecule has 0 fully saturated rings. The standard InChI is InChI=1S/C10H9N3O4/c1-17-6-2-3-7-8(4-6)11-12-13(10(7)16)5-9(14)15/h2-4H,5H2,1H3,(H,14,15). The minimum Gasteiger partial charge on any atom is -0.497 e. The lowest BCUT2D eigenvalue weighted by atomic mass is 10.2. The van der Waals surface area contributed by atoms with Crippen molar-refractivity contribution >= 4 is 16.9 Å². The summed E-state index contributed by atoms with van der Waals surface area (Å²) in [4.78, 5) is 22.3. The number of ether oxygens (including phenoxy) is 1. The lowest BCUT2D eigenvalue weighted by Gasteiger charge is -2.03. The van der Waals surface area contributed by atoms with E-state index in [0.29, 0.717) is 16.7 Å². The first-order valence-corrected chi connectivity index (χ1v) is 4.75. The smallest absolute Gasteiger partial charge is 0.325 e. The van der Waals surface area contributed by atoms with Gasteiger partial charge in [-0.3, -0.25) is 9.59 Å². The average Bonchev–Trinajstić information content (AvgIpc) is 2.32. The second kappa shape index (κ2) is 4.20. The summed E-state index contributed by atoms with van der Waals surface area (Å²) in [5.74, 6) is -0.587. The fourth-order valence-corrected chi connectivity index (χ4v) is 1.42. The van der Waals surface area contributed by atoms with Gasteiger partial charge in [0, 0.05) is 6.07 Å². The van der Waals surface area contributed by atoms with Gasteiger partial charge in [-0.15, -0.1) is 5.10 Å². The van der Waals surface area contributed by atoms with E-state index in [9.17, 15) is 9.59 Å². The number of methoxy groups -OCH3 is 1. The van der Waals surface area contributed by atoms with Gasteiger partial charge < -0.3 is 9.84 Å². The number of carboxylic acid groups (broad SMARTS) is 1. The Kier molecular flexibility index (Phi) is 2.73. The van der Waals surface area contributed by atoms with E-state index >= 15 is 0 Å². The first kappa shape index (κ1) is 11.1. The predicted octanol–water partition coefficient (Wildman–Crippen LogP) is -0.115. The molecule has 0 spiro atoms. The van der Waals surface area contributed by atoms with Crippen LogP contribution in [0.4, 0.5) is 0 Å². The van der Waals surface area contributed by atoms with E-state index in [-0.39, 0.29) is 0 Å². The zero-order valence-corrected chi connectivity index (χ0v) is 8.95. The lowest BCUT2D eigenvalue weighted by molar-refractivity contribution is -0.138. The Balaban J connectivity index is 2.60. The number of fused-ring (bicyclic) bond motifs is 1. The number of nitrogens with zero attached hydrogens (tertiary/aromatic N) is 3. The van der Waals surface area contributed by atoms with Crippen molar-refractivity contribution in [3.05, 3.63) is 28.6 Å². The molecule has 0 unspecified atom stereocenters. The minimum atomic E-state index is -1.14. The largest absolute Gasteiger partial charge is 0.497 e. The summed E-state index contributed by atoms with van der Waals surface area (Å²) < 4.78 is 5.79. The topological polar surface area (TPSA) is 94.3 Å². The molecule has 88 valence electrons. The maximum atomic E-state index is 11.8. The summed E-state index contributed by atoms with van der Waals surface area (Å²) in [5, 5.41) is 16.2. The Morgan fingerprint density at radius 3 is 2.94 bits per heavy atom. The van der Waals surface area contributed by atoms with Gasteiger partial charge in [0.05, 0.1) is 12.5 Å². The van der Waals surface area contributed by atoms with Gasteiger partial charge >= 0.3 is 5.97 Å². The van der Waals surface area contributed by atoms with Crippen LogP contribution in [0.5, 0.6) is 5.75 Å². The van der Waals surface area contributed by atoms with Gasteiger partial charge in [-0.25, -0.2) is 0 Å². The average molecular weight is 235 g/mol. The monoisotopic (exact) mass is 235 g/mol. The molecule has 0 bridgehead atoms. The van der Waals surface area contributed by atoms with Gasteiger partial charge in [0.1, 0.15) is 17.8 Å². The Bertz CT molecular complexity index is 635. The SMILES string of the molecule is COc1ccc2c(=O)n(CC(=O)O)nnc2c1. The summed E-state index contributed by atoms with van der Waals surface area (Å²) in [6, 6.07) is 4.70. The van der Waals surface area contributed by atoms with Crippen molar-refractivity contribution in [2.75, 3.05) is 7.11 Å². The van der Waals surface area contributed by atoms with Gasteiger partial charge in [-0.2, -0.15) is 4.68 Å². The summed E-state index contributed by atoms with van der Waals surface area (Å²) >= 11 is 0. The second-order valence-electron chi connectivity index (χ2n) is 3.33. The molecule has 0 saturated heterocycles. The Morgan fingerprint density at radius 2 is 2.29 bits per heavy atom. The van der Waals surface area contributed by atoms with Crippen LogP contribution in [0.2, 0.25) is 0 Å². The molecule has 0 radical (unpaired) electrons. The maximum Gasteiger partial charge on any atom is 0.325 e. The van der Waals surface area contributed by atoms with Crippen molar-refractivity contribution in [1.29, 1.82) is 0 Å². The Hall–Kier alpha value is -2.44. The molecule has 0 atom stereocenters. The van der Waals surface area contributed by atoms with Crippen molar-refractivity contribution < 1.29 is 14.6 Å². The van der Waals surface area contributed by atoms with Crippen LogP contribution in [0.15, 0.2) is 23.0 Å². The van der Waals surface area contributed by atoms with Crippen LogP contribution in [0.1, 0.15) is 0 Å². The van der Waals surface area contributed by atoms with Gasteiger partial charge in [0.15, 0.2) is 0 Å². The summed E-state index contributed by atoms with van der Waals surface area (Å²) in [6.45, 7) is -0.506. The fourth-order valence-electron chi connectivity index (χ4n) is 1.42. The third kappa shape index (κ3) is 2.07. The molecule has 7 nitrogen and oxygen atoms in total. The number of benzene rings is 1. The summed E-state index contributed by atoms with van der Waals surface area (Å²) in [7, 11) is 1.50. The van der Waals surface area contributed by atoms with Crippen LogP contribution in [-0.2, 0) is 11.3 Å². The molecule has 17 heavy (non-hydrogen) atoms. The minimum absolute atomic E-state index is 0.307. The molecule has 0 aliphatic heterocycles. The number of hydrogen-bond donors (Lipinski definition) is 1. The van der Waals surface area contributed by atoms with Gasteiger partial charge in [0.25, 0.3) is 5.56 Å². The second-order valence-corrected chi connectivity index (χ2v) is 3.33. The number of aliphatic carboxylic acids is 1.